The Morgan fingerprint density at radius 3 is 2.30 bits per heavy atom. The summed E-state index contributed by atoms with van der Waals surface area (Å²) in [5.41, 5.74) is 2.24. The van der Waals surface area contributed by atoms with Crippen LogP contribution in [0.4, 0.5) is 5.69 Å². The highest BCUT2D eigenvalue weighted by atomic mass is 16.2. The van der Waals surface area contributed by atoms with Crippen molar-refractivity contribution in [2.45, 2.75) is 18.9 Å². The molecule has 0 aliphatic carbocycles. The predicted molar refractivity (Wildman–Crippen MR) is 81.6 cm³/mol. The summed E-state index contributed by atoms with van der Waals surface area (Å²) in [7, 11) is 0. The molecule has 2 heteroatoms. The van der Waals surface area contributed by atoms with Crippen molar-refractivity contribution >= 4 is 11.6 Å². The molecule has 100 valence electrons. The van der Waals surface area contributed by atoms with Crippen LogP contribution >= 0.6 is 0 Å². The lowest BCUT2D eigenvalue weighted by molar-refractivity contribution is -0.114. The van der Waals surface area contributed by atoms with Gasteiger partial charge in [0.15, 0.2) is 0 Å². The van der Waals surface area contributed by atoms with E-state index in [-0.39, 0.29) is 11.9 Å². The molecular formula is C18H17NO. The van der Waals surface area contributed by atoms with Gasteiger partial charge in [-0.05, 0) is 36.6 Å². The summed E-state index contributed by atoms with van der Waals surface area (Å²) in [6.07, 6.45) is 5.44. The monoisotopic (exact) mass is 263 g/mol. The van der Waals surface area contributed by atoms with E-state index in [1.807, 2.05) is 59.5 Å². The number of carbonyl (C=O) groups is 1. The lowest BCUT2D eigenvalue weighted by atomic mass is 9.98. The van der Waals surface area contributed by atoms with Crippen LogP contribution in [0.2, 0.25) is 0 Å². The second-order valence-electron chi connectivity index (χ2n) is 5.03. The van der Waals surface area contributed by atoms with Crippen molar-refractivity contribution in [3.8, 4) is 0 Å². The van der Waals surface area contributed by atoms with E-state index in [2.05, 4.69) is 12.1 Å². The molecule has 20 heavy (non-hydrogen) atoms. The molecule has 0 spiro atoms. The third-order valence-electron chi connectivity index (χ3n) is 3.62. The van der Waals surface area contributed by atoms with Gasteiger partial charge in [0.05, 0.1) is 0 Å². The van der Waals surface area contributed by atoms with Crippen LogP contribution in [0.3, 0.4) is 0 Å². The zero-order valence-electron chi connectivity index (χ0n) is 11.3. The number of amides is 1. The predicted octanol–water partition coefficient (Wildman–Crippen LogP) is 3.59. The van der Waals surface area contributed by atoms with Gasteiger partial charge in [0.25, 0.3) is 5.91 Å². The third-order valence-corrected chi connectivity index (χ3v) is 3.62. The molecular weight excluding hydrogens is 246 g/mol. The van der Waals surface area contributed by atoms with E-state index in [0.29, 0.717) is 0 Å². The topological polar surface area (TPSA) is 20.3 Å². The van der Waals surface area contributed by atoms with Crippen molar-refractivity contribution in [3.63, 3.8) is 0 Å². The Morgan fingerprint density at radius 2 is 1.60 bits per heavy atom. The smallest absolute Gasteiger partial charge is 0.250 e. The van der Waals surface area contributed by atoms with Crippen molar-refractivity contribution in [3.05, 3.63) is 78.4 Å². The highest BCUT2D eigenvalue weighted by Gasteiger charge is 2.26. The molecule has 0 aromatic heterocycles. The van der Waals surface area contributed by atoms with Crippen molar-refractivity contribution in [1.82, 2.24) is 0 Å². The van der Waals surface area contributed by atoms with E-state index in [1.165, 1.54) is 5.56 Å². The molecule has 2 aromatic carbocycles. The van der Waals surface area contributed by atoms with Gasteiger partial charge in [-0.1, -0.05) is 54.6 Å². The van der Waals surface area contributed by atoms with Crippen LogP contribution in [0.5, 0.6) is 0 Å². The second kappa shape index (κ2) is 5.74. The molecule has 0 bridgehead atoms. The lowest BCUT2D eigenvalue weighted by Crippen LogP contribution is -2.42. The van der Waals surface area contributed by atoms with Crippen LogP contribution in [0.1, 0.15) is 12.0 Å². The molecule has 0 fully saturated rings. The number of hydrogen-bond donors (Lipinski definition) is 0. The first kappa shape index (κ1) is 12.7. The van der Waals surface area contributed by atoms with Gasteiger partial charge in [-0.3, -0.25) is 4.79 Å². The van der Waals surface area contributed by atoms with E-state index in [1.54, 1.807) is 6.08 Å². The third kappa shape index (κ3) is 2.64. The minimum absolute atomic E-state index is 0.0726. The fourth-order valence-corrected chi connectivity index (χ4v) is 2.68. The van der Waals surface area contributed by atoms with E-state index >= 15 is 0 Å². The fourth-order valence-electron chi connectivity index (χ4n) is 2.68. The molecule has 1 amide bonds. The quantitative estimate of drug-likeness (QED) is 0.828. The second-order valence-corrected chi connectivity index (χ2v) is 5.03. The van der Waals surface area contributed by atoms with Gasteiger partial charge in [0, 0.05) is 11.7 Å². The van der Waals surface area contributed by atoms with Crippen LogP contribution < -0.4 is 4.90 Å². The van der Waals surface area contributed by atoms with Crippen molar-refractivity contribution in [1.29, 1.82) is 0 Å². The summed E-state index contributed by atoms with van der Waals surface area (Å²) in [6.45, 7) is 0. The number of benzene rings is 2. The van der Waals surface area contributed by atoms with Gasteiger partial charge in [0.1, 0.15) is 0 Å². The molecule has 2 aromatic rings. The maximum absolute atomic E-state index is 12.2. The Balaban J connectivity index is 1.88. The fraction of sp³-hybridized carbons (Fsp3) is 0.167. The van der Waals surface area contributed by atoms with Crippen LogP contribution in [-0.4, -0.2) is 11.9 Å². The standard InChI is InChI=1S/C18H17NO/c20-18-13-7-12-17(14-15-8-3-1-4-9-15)19(18)16-10-5-2-6-11-16/h1-11,13,17H,12,14H2. The largest absolute Gasteiger partial charge is 0.305 e. The van der Waals surface area contributed by atoms with Gasteiger partial charge in [-0.15, -0.1) is 0 Å². The van der Waals surface area contributed by atoms with Gasteiger partial charge in [-0.25, -0.2) is 0 Å². The molecule has 2 nitrogen and oxygen atoms in total. The van der Waals surface area contributed by atoms with Gasteiger partial charge in [-0.2, -0.15) is 0 Å². The van der Waals surface area contributed by atoms with E-state index in [4.69, 9.17) is 0 Å². The summed E-state index contributed by atoms with van der Waals surface area (Å²) in [5, 5.41) is 0. The summed E-state index contributed by atoms with van der Waals surface area (Å²) in [5.74, 6) is 0.0726. The first-order chi connectivity index (χ1) is 9.84. The first-order valence-corrected chi connectivity index (χ1v) is 6.93. The number of rotatable bonds is 3. The number of para-hydroxylation sites is 1. The maximum atomic E-state index is 12.2. The summed E-state index contributed by atoms with van der Waals surface area (Å²) in [6, 6.07) is 20.4. The molecule has 1 unspecified atom stereocenters. The van der Waals surface area contributed by atoms with Crippen molar-refractivity contribution < 1.29 is 4.79 Å². The SMILES string of the molecule is O=C1C=CCC(Cc2ccccc2)N1c1ccccc1. The molecule has 1 aliphatic heterocycles. The van der Waals surface area contributed by atoms with Crippen LogP contribution in [-0.2, 0) is 11.2 Å². The van der Waals surface area contributed by atoms with Gasteiger partial charge in [0.2, 0.25) is 0 Å². The van der Waals surface area contributed by atoms with E-state index < -0.39 is 0 Å². The minimum atomic E-state index is 0.0726. The summed E-state index contributed by atoms with van der Waals surface area (Å²) in [4.78, 5) is 14.1. The molecule has 0 radical (unpaired) electrons. The van der Waals surface area contributed by atoms with Gasteiger partial charge < -0.3 is 4.90 Å². The minimum Gasteiger partial charge on any atom is -0.305 e. The Bertz CT molecular complexity index is 604. The molecule has 0 saturated heterocycles. The van der Waals surface area contributed by atoms with Crippen molar-refractivity contribution in [2.24, 2.45) is 0 Å². The van der Waals surface area contributed by atoms with Crippen molar-refractivity contribution in [2.75, 3.05) is 4.90 Å². The van der Waals surface area contributed by atoms with Gasteiger partial charge >= 0.3 is 0 Å². The number of carbonyl (C=O) groups excluding carboxylic acids is 1. The maximum Gasteiger partial charge on any atom is 0.250 e. The first-order valence-electron chi connectivity index (χ1n) is 6.93. The number of nitrogens with zero attached hydrogens (tertiary/aromatic N) is 1. The van der Waals surface area contributed by atoms with Crippen LogP contribution in [0.15, 0.2) is 72.8 Å². The Labute approximate surface area is 119 Å². The Morgan fingerprint density at radius 1 is 0.950 bits per heavy atom. The molecule has 1 atom stereocenters. The average Bonchev–Trinajstić information content (AvgIpc) is 2.49. The molecule has 0 saturated carbocycles. The van der Waals surface area contributed by atoms with E-state index in [0.717, 1.165) is 18.5 Å². The lowest BCUT2D eigenvalue weighted by Gasteiger charge is -2.33. The highest BCUT2D eigenvalue weighted by molar-refractivity contribution is 6.02. The molecule has 1 aliphatic rings. The molecule has 3 rings (SSSR count). The highest BCUT2D eigenvalue weighted by Crippen LogP contribution is 2.24. The average molecular weight is 263 g/mol. The van der Waals surface area contributed by atoms with E-state index in [9.17, 15) is 4.79 Å². The molecule has 0 N–H and O–H groups in total. The Kier molecular flexibility index (Phi) is 3.64. The zero-order valence-corrected chi connectivity index (χ0v) is 11.3. The Hall–Kier alpha value is -2.35. The number of anilines is 1. The summed E-state index contributed by atoms with van der Waals surface area (Å²) >= 11 is 0. The molecule has 1 heterocycles. The summed E-state index contributed by atoms with van der Waals surface area (Å²) < 4.78 is 0. The van der Waals surface area contributed by atoms with Crippen LogP contribution in [0.25, 0.3) is 0 Å². The zero-order chi connectivity index (χ0) is 13.8. The normalized spacial score (nSPS) is 18.3. The van der Waals surface area contributed by atoms with Crippen LogP contribution in [0, 0.1) is 0 Å². The number of hydrogen-bond acceptors (Lipinski definition) is 1.